The molecule has 0 bridgehead atoms. The highest BCUT2D eigenvalue weighted by Crippen LogP contribution is 2.30. The monoisotopic (exact) mass is 505 g/mol. The van der Waals surface area contributed by atoms with Crippen molar-refractivity contribution in [1.29, 1.82) is 0 Å². The minimum atomic E-state index is -4.52. The Morgan fingerprint density at radius 1 is 0.971 bits per heavy atom. The van der Waals surface area contributed by atoms with Crippen LogP contribution in [-0.4, -0.2) is 30.6 Å². The number of halogens is 3. The Morgan fingerprint density at radius 2 is 1.69 bits per heavy atom. The van der Waals surface area contributed by atoms with Crippen molar-refractivity contribution >= 4 is 40.5 Å². The molecule has 8 nitrogen and oxygen atoms in total. The van der Waals surface area contributed by atoms with E-state index in [9.17, 15) is 27.6 Å². The summed E-state index contributed by atoms with van der Waals surface area (Å²) in [5, 5.41) is 7.78. The first-order valence-electron chi connectivity index (χ1n) is 9.85. The number of thiophene rings is 1. The molecule has 0 aliphatic heterocycles. The maximum atomic E-state index is 12.6. The number of methoxy groups -OCH3 is 1. The second-order valence-electron chi connectivity index (χ2n) is 6.90. The largest absolute Gasteiger partial charge is 0.493 e. The van der Waals surface area contributed by atoms with Gasteiger partial charge in [-0.05, 0) is 60.8 Å². The fourth-order valence-corrected chi connectivity index (χ4v) is 3.30. The van der Waals surface area contributed by atoms with Gasteiger partial charge in [-0.2, -0.15) is 18.3 Å². The van der Waals surface area contributed by atoms with E-state index in [1.165, 1.54) is 30.6 Å². The SMILES string of the molecule is COc1cc(/C(C)=N/NC(=O)C(=O)Nc2ccc(C(F)(F)F)cc2)ccc1OC(=O)c1cccs1. The van der Waals surface area contributed by atoms with Gasteiger partial charge in [-0.3, -0.25) is 9.59 Å². The minimum Gasteiger partial charge on any atom is -0.493 e. The van der Waals surface area contributed by atoms with Crippen LogP contribution in [-0.2, 0) is 15.8 Å². The predicted molar refractivity (Wildman–Crippen MR) is 123 cm³/mol. The Hall–Kier alpha value is -4.19. The van der Waals surface area contributed by atoms with Crippen molar-refractivity contribution in [2.24, 2.45) is 5.10 Å². The van der Waals surface area contributed by atoms with E-state index >= 15 is 0 Å². The molecule has 0 saturated heterocycles. The van der Waals surface area contributed by atoms with Crippen molar-refractivity contribution in [1.82, 2.24) is 5.43 Å². The molecular weight excluding hydrogens is 487 g/mol. The van der Waals surface area contributed by atoms with E-state index in [-0.39, 0.29) is 17.2 Å². The third-order valence-electron chi connectivity index (χ3n) is 4.51. The van der Waals surface area contributed by atoms with Crippen molar-refractivity contribution in [2.75, 3.05) is 12.4 Å². The molecule has 0 atom stereocenters. The zero-order valence-electron chi connectivity index (χ0n) is 18.3. The molecule has 182 valence electrons. The number of alkyl halides is 3. The minimum absolute atomic E-state index is 0.0104. The van der Waals surface area contributed by atoms with Crippen LogP contribution < -0.4 is 20.2 Å². The smallest absolute Gasteiger partial charge is 0.416 e. The van der Waals surface area contributed by atoms with E-state index in [1.54, 1.807) is 30.5 Å². The standard InChI is InChI=1S/C23H18F3N3O5S/c1-13(14-5-10-17(18(12-14)33-2)34-22(32)19-4-3-11-35-19)28-29-21(31)20(30)27-16-8-6-15(7-9-16)23(24,25)26/h3-12H,1-2H3,(H,27,30)(H,29,31)/b28-13+. The zero-order chi connectivity index (χ0) is 25.6. The van der Waals surface area contributed by atoms with E-state index in [0.29, 0.717) is 16.2 Å². The van der Waals surface area contributed by atoms with Crippen LogP contribution in [0.25, 0.3) is 0 Å². The lowest BCUT2D eigenvalue weighted by Crippen LogP contribution is -2.33. The normalized spacial score (nSPS) is 11.5. The van der Waals surface area contributed by atoms with Crippen molar-refractivity contribution in [3.05, 3.63) is 76.0 Å². The lowest BCUT2D eigenvalue weighted by molar-refractivity contribution is -0.137. The molecule has 0 radical (unpaired) electrons. The Labute approximate surface area is 201 Å². The average Bonchev–Trinajstić information content (AvgIpc) is 3.37. The molecule has 0 fully saturated rings. The number of carbonyl (C=O) groups excluding carboxylic acids is 3. The van der Waals surface area contributed by atoms with Crippen LogP contribution in [0.5, 0.6) is 11.5 Å². The van der Waals surface area contributed by atoms with Gasteiger partial charge in [0.25, 0.3) is 0 Å². The number of esters is 1. The number of nitrogens with zero attached hydrogens (tertiary/aromatic N) is 1. The molecule has 1 heterocycles. The highest BCUT2D eigenvalue weighted by molar-refractivity contribution is 7.12. The van der Waals surface area contributed by atoms with Gasteiger partial charge in [0.05, 0.1) is 18.4 Å². The van der Waals surface area contributed by atoms with Crippen LogP contribution in [0.2, 0.25) is 0 Å². The third kappa shape index (κ3) is 6.67. The molecule has 2 amide bonds. The molecular formula is C23H18F3N3O5S. The van der Waals surface area contributed by atoms with Crippen LogP contribution in [0.3, 0.4) is 0 Å². The predicted octanol–water partition coefficient (Wildman–Crippen LogP) is 4.47. The van der Waals surface area contributed by atoms with Crippen molar-refractivity contribution in [2.45, 2.75) is 13.1 Å². The number of hydrogen-bond acceptors (Lipinski definition) is 7. The second kappa shape index (κ2) is 10.8. The van der Waals surface area contributed by atoms with Gasteiger partial charge in [-0.1, -0.05) is 6.07 Å². The molecule has 3 aromatic rings. The molecule has 0 spiro atoms. The topological polar surface area (TPSA) is 106 Å². The Morgan fingerprint density at radius 3 is 2.29 bits per heavy atom. The maximum absolute atomic E-state index is 12.6. The summed E-state index contributed by atoms with van der Waals surface area (Å²) in [5.41, 5.74) is 2.00. The molecule has 0 aliphatic carbocycles. The van der Waals surface area contributed by atoms with Gasteiger partial charge in [-0.15, -0.1) is 11.3 Å². The molecule has 0 unspecified atom stereocenters. The van der Waals surface area contributed by atoms with Gasteiger partial charge >= 0.3 is 24.0 Å². The fourth-order valence-electron chi connectivity index (χ4n) is 2.70. The van der Waals surface area contributed by atoms with E-state index in [1.807, 2.05) is 0 Å². The number of ether oxygens (including phenoxy) is 2. The van der Waals surface area contributed by atoms with Gasteiger partial charge < -0.3 is 14.8 Å². The van der Waals surface area contributed by atoms with E-state index < -0.39 is 29.5 Å². The molecule has 12 heteroatoms. The molecule has 3 rings (SSSR count). The number of hydrogen-bond donors (Lipinski definition) is 2. The quantitative estimate of drug-likeness (QED) is 0.169. The highest BCUT2D eigenvalue weighted by Gasteiger charge is 2.30. The number of carbonyl (C=O) groups is 3. The van der Waals surface area contributed by atoms with E-state index in [4.69, 9.17) is 9.47 Å². The van der Waals surface area contributed by atoms with E-state index in [2.05, 4.69) is 15.8 Å². The molecule has 0 aliphatic rings. The van der Waals surface area contributed by atoms with Crippen LogP contribution in [0.4, 0.5) is 18.9 Å². The summed E-state index contributed by atoms with van der Waals surface area (Å²) in [6.45, 7) is 1.56. The summed E-state index contributed by atoms with van der Waals surface area (Å²) < 4.78 is 48.5. The lowest BCUT2D eigenvalue weighted by atomic mass is 10.1. The highest BCUT2D eigenvalue weighted by atomic mass is 32.1. The maximum Gasteiger partial charge on any atom is 0.416 e. The molecule has 2 N–H and O–H groups in total. The first kappa shape index (κ1) is 25.4. The second-order valence-corrected chi connectivity index (χ2v) is 7.85. The van der Waals surface area contributed by atoms with Gasteiger partial charge in [0.15, 0.2) is 11.5 Å². The number of benzene rings is 2. The Balaban J connectivity index is 1.62. The lowest BCUT2D eigenvalue weighted by Gasteiger charge is -2.11. The third-order valence-corrected chi connectivity index (χ3v) is 5.36. The fraction of sp³-hybridized carbons (Fsp3) is 0.130. The summed E-state index contributed by atoms with van der Waals surface area (Å²) >= 11 is 1.23. The van der Waals surface area contributed by atoms with Crippen LogP contribution in [0, 0.1) is 0 Å². The zero-order valence-corrected chi connectivity index (χ0v) is 19.1. The van der Waals surface area contributed by atoms with Crippen molar-refractivity contribution < 1.29 is 37.0 Å². The van der Waals surface area contributed by atoms with Gasteiger partial charge in [0.1, 0.15) is 4.88 Å². The molecule has 0 saturated carbocycles. The summed E-state index contributed by atoms with van der Waals surface area (Å²) in [6.07, 6.45) is -4.52. The van der Waals surface area contributed by atoms with Gasteiger partial charge in [0.2, 0.25) is 0 Å². The summed E-state index contributed by atoms with van der Waals surface area (Å²) in [4.78, 5) is 36.6. The number of nitrogens with one attached hydrogen (secondary N) is 2. The molecule has 1 aromatic heterocycles. The number of hydrazone groups is 1. The van der Waals surface area contributed by atoms with Crippen LogP contribution >= 0.6 is 11.3 Å². The number of anilines is 1. The Kier molecular flexibility index (Phi) is 7.87. The summed E-state index contributed by atoms with van der Waals surface area (Å²) in [5.74, 6) is -2.36. The van der Waals surface area contributed by atoms with Crippen LogP contribution in [0.15, 0.2) is 65.1 Å². The van der Waals surface area contributed by atoms with E-state index in [0.717, 1.165) is 24.3 Å². The molecule has 35 heavy (non-hydrogen) atoms. The average molecular weight is 505 g/mol. The summed E-state index contributed by atoms with van der Waals surface area (Å²) in [6, 6.07) is 11.6. The van der Waals surface area contributed by atoms with Gasteiger partial charge in [0, 0.05) is 11.3 Å². The first-order valence-corrected chi connectivity index (χ1v) is 10.7. The number of amides is 2. The number of rotatable bonds is 6. The van der Waals surface area contributed by atoms with Crippen LogP contribution in [0.1, 0.15) is 27.7 Å². The van der Waals surface area contributed by atoms with Crippen molar-refractivity contribution in [3.63, 3.8) is 0 Å². The Bertz CT molecular complexity index is 1260. The van der Waals surface area contributed by atoms with Gasteiger partial charge in [-0.25, -0.2) is 10.2 Å². The summed E-state index contributed by atoms with van der Waals surface area (Å²) in [7, 11) is 1.39. The van der Waals surface area contributed by atoms with Crippen molar-refractivity contribution in [3.8, 4) is 11.5 Å². The molecule has 2 aromatic carbocycles. The first-order chi connectivity index (χ1) is 16.6.